The number of aromatic hydroxyl groups is 2. The van der Waals surface area contributed by atoms with Gasteiger partial charge in [-0.15, -0.1) is 0 Å². The number of piperazine rings is 1. The summed E-state index contributed by atoms with van der Waals surface area (Å²) in [6, 6.07) is 4.32. The van der Waals surface area contributed by atoms with Gasteiger partial charge in [0.1, 0.15) is 11.5 Å². The maximum absolute atomic E-state index is 12.3. The smallest absolute Gasteiger partial charge is 0.254 e. The Labute approximate surface area is 113 Å². The number of rotatable bonds is 2. The fourth-order valence-corrected chi connectivity index (χ4v) is 2.55. The fraction of sp³-hybridized carbons (Fsp3) is 0.500. The molecule has 2 rings (SSSR count). The second-order valence-corrected chi connectivity index (χ2v) is 4.97. The fourth-order valence-electron chi connectivity index (χ4n) is 2.55. The van der Waals surface area contributed by atoms with E-state index in [1.165, 1.54) is 18.2 Å². The summed E-state index contributed by atoms with van der Waals surface area (Å²) in [6.07, 6.45) is 0. The first-order chi connectivity index (χ1) is 9.01. The molecule has 1 aliphatic heterocycles. The van der Waals surface area contributed by atoms with Crippen molar-refractivity contribution in [1.82, 2.24) is 9.80 Å². The van der Waals surface area contributed by atoms with Gasteiger partial charge in [0.05, 0.1) is 0 Å². The number of carbonyl (C=O) groups excluding carboxylic acids is 1. The molecule has 5 heteroatoms. The van der Waals surface area contributed by atoms with Crippen LogP contribution in [0.3, 0.4) is 0 Å². The Balaban J connectivity index is 2.12. The lowest BCUT2D eigenvalue weighted by atomic mass is 10.1. The van der Waals surface area contributed by atoms with E-state index < -0.39 is 0 Å². The molecule has 2 N–H and O–H groups in total. The second kappa shape index (κ2) is 5.48. The molecule has 1 unspecified atom stereocenters. The van der Waals surface area contributed by atoms with Gasteiger partial charge in [0, 0.05) is 37.3 Å². The van der Waals surface area contributed by atoms with Gasteiger partial charge in [0.25, 0.3) is 5.91 Å². The standard InChI is InChI=1S/C14H20N2O3/c1-3-15-4-5-16(9-10(15)2)14(19)11-6-12(17)8-13(18)7-11/h6-8,10,17-18H,3-5,9H2,1-2H3. The molecule has 104 valence electrons. The van der Waals surface area contributed by atoms with Crippen molar-refractivity contribution in [2.24, 2.45) is 0 Å². The van der Waals surface area contributed by atoms with Crippen molar-refractivity contribution in [2.75, 3.05) is 26.2 Å². The van der Waals surface area contributed by atoms with Crippen LogP contribution in [0.4, 0.5) is 0 Å². The van der Waals surface area contributed by atoms with E-state index in [1.54, 1.807) is 4.90 Å². The summed E-state index contributed by atoms with van der Waals surface area (Å²) in [5, 5.41) is 18.9. The molecule has 0 radical (unpaired) electrons. The summed E-state index contributed by atoms with van der Waals surface area (Å²) >= 11 is 0. The maximum atomic E-state index is 12.3. The van der Waals surface area contributed by atoms with E-state index in [0.717, 1.165) is 13.1 Å². The lowest BCUT2D eigenvalue weighted by Crippen LogP contribution is -2.53. The minimum Gasteiger partial charge on any atom is -0.508 e. The first kappa shape index (κ1) is 13.7. The number of carbonyl (C=O) groups is 1. The van der Waals surface area contributed by atoms with E-state index in [9.17, 15) is 15.0 Å². The highest BCUT2D eigenvalue weighted by molar-refractivity contribution is 5.95. The van der Waals surface area contributed by atoms with Crippen LogP contribution in [0.25, 0.3) is 0 Å². The lowest BCUT2D eigenvalue weighted by molar-refractivity contribution is 0.0527. The summed E-state index contributed by atoms with van der Waals surface area (Å²) in [4.78, 5) is 16.4. The second-order valence-electron chi connectivity index (χ2n) is 4.97. The van der Waals surface area contributed by atoms with Crippen molar-refractivity contribution in [1.29, 1.82) is 0 Å². The molecule has 0 bridgehead atoms. The monoisotopic (exact) mass is 264 g/mol. The number of hydrogen-bond donors (Lipinski definition) is 2. The van der Waals surface area contributed by atoms with Gasteiger partial charge in [0.15, 0.2) is 0 Å². The van der Waals surface area contributed by atoms with Gasteiger partial charge in [-0.2, -0.15) is 0 Å². The number of nitrogens with zero attached hydrogens (tertiary/aromatic N) is 2. The van der Waals surface area contributed by atoms with Crippen LogP contribution in [0.15, 0.2) is 18.2 Å². The molecular weight excluding hydrogens is 244 g/mol. The van der Waals surface area contributed by atoms with Gasteiger partial charge >= 0.3 is 0 Å². The molecule has 1 aliphatic rings. The van der Waals surface area contributed by atoms with Crippen LogP contribution >= 0.6 is 0 Å². The SMILES string of the molecule is CCN1CCN(C(=O)c2cc(O)cc(O)c2)CC1C. The molecule has 1 aromatic carbocycles. The number of benzene rings is 1. The molecular formula is C14H20N2O3. The van der Waals surface area contributed by atoms with Crippen molar-refractivity contribution in [3.05, 3.63) is 23.8 Å². The number of likely N-dealkylation sites (N-methyl/N-ethyl adjacent to an activating group) is 1. The van der Waals surface area contributed by atoms with Gasteiger partial charge in [-0.25, -0.2) is 0 Å². The van der Waals surface area contributed by atoms with Crippen molar-refractivity contribution in [2.45, 2.75) is 19.9 Å². The van der Waals surface area contributed by atoms with Crippen LogP contribution < -0.4 is 0 Å². The highest BCUT2D eigenvalue weighted by Crippen LogP contribution is 2.22. The van der Waals surface area contributed by atoms with Gasteiger partial charge < -0.3 is 15.1 Å². The van der Waals surface area contributed by atoms with Crippen LogP contribution in [0.2, 0.25) is 0 Å². The lowest BCUT2D eigenvalue weighted by Gasteiger charge is -2.39. The van der Waals surface area contributed by atoms with E-state index in [1.807, 2.05) is 0 Å². The zero-order chi connectivity index (χ0) is 14.0. The predicted molar refractivity (Wildman–Crippen MR) is 72.4 cm³/mol. The summed E-state index contributed by atoms with van der Waals surface area (Å²) in [5.41, 5.74) is 0.328. The minimum atomic E-state index is -0.145. The van der Waals surface area contributed by atoms with E-state index in [2.05, 4.69) is 18.7 Å². The maximum Gasteiger partial charge on any atom is 0.254 e. The largest absolute Gasteiger partial charge is 0.508 e. The zero-order valence-corrected chi connectivity index (χ0v) is 11.3. The first-order valence-electron chi connectivity index (χ1n) is 6.57. The Kier molecular flexibility index (Phi) is 3.95. The molecule has 1 fully saturated rings. The van der Waals surface area contributed by atoms with Crippen LogP contribution in [0, 0.1) is 0 Å². The summed E-state index contributed by atoms with van der Waals surface area (Å²) < 4.78 is 0. The van der Waals surface area contributed by atoms with Crippen LogP contribution in [0.1, 0.15) is 24.2 Å². The number of phenolic OH excluding ortho intramolecular Hbond substituents is 2. The average molecular weight is 264 g/mol. The van der Waals surface area contributed by atoms with Gasteiger partial charge in [0.2, 0.25) is 0 Å². The highest BCUT2D eigenvalue weighted by atomic mass is 16.3. The normalized spacial score (nSPS) is 20.5. The van der Waals surface area contributed by atoms with Crippen LogP contribution in [-0.4, -0.2) is 58.1 Å². The Morgan fingerprint density at radius 3 is 2.42 bits per heavy atom. The molecule has 5 nitrogen and oxygen atoms in total. The quantitative estimate of drug-likeness (QED) is 0.844. The number of amides is 1. The number of hydrogen-bond acceptors (Lipinski definition) is 4. The summed E-state index contributed by atoms with van der Waals surface area (Å²) in [5.74, 6) is -0.332. The van der Waals surface area contributed by atoms with E-state index >= 15 is 0 Å². The molecule has 0 spiro atoms. The van der Waals surface area contributed by atoms with E-state index in [-0.39, 0.29) is 17.4 Å². The number of phenols is 2. The summed E-state index contributed by atoms with van der Waals surface area (Å²) in [7, 11) is 0. The Morgan fingerprint density at radius 1 is 1.26 bits per heavy atom. The molecule has 0 saturated carbocycles. The van der Waals surface area contributed by atoms with Gasteiger partial charge in [-0.3, -0.25) is 9.69 Å². The van der Waals surface area contributed by atoms with E-state index in [0.29, 0.717) is 24.7 Å². The Bertz CT molecular complexity index is 456. The van der Waals surface area contributed by atoms with Crippen LogP contribution in [0.5, 0.6) is 11.5 Å². The average Bonchev–Trinajstić information content (AvgIpc) is 2.36. The van der Waals surface area contributed by atoms with Crippen molar-refractivity contribution in [3.63, 3.8) is 0 Å². The third-order valence-corrected chi connectivity index (χ3v) is 3.61. The zero-order valence-electron chi connectivity index (χ0n) is 11.3. The molecule has 0 aliphatic carbocycles. The van der Waals surface area contributed by atoms with Crippen LogP contribution in [-0.2, 0) is 0 Å². The third kappa shape index (κ3) is 2.98. The molecule has 1 amide bonds. The van der Waals surface area contributed by atoms with Gasteiger partial charge in [-0.05, 0) is 25.6 Å². The molecule has 1 atom stereocenters. The molecule has 1 heterocycles. The Morgan fingerprint density at radius 2 is 1.89 bits per heavy atom. The van der Waals surface area contributed by atoms with Crippen molar-refractivity contribution >= 4 is 5.91 Å². The topological polar surface area (TPSA) is 64.0 Å². The molecule has 1 saturated heterocycles. The van der Waals surface area contributed by atoms with Gasteiger partial charge in [-0.1, -0.05) is 6.92 Å². The van der Waals surface area contributed by atoms with Crippen molar-refractivity contribution in [3.8, 4) is 11.5 Å². The predicted octanol–water partition coefficient (Wildman–Crippen LogP) is 1.26. The Hall–Kier alpha value is -1.75. The minimum absolute atomic E-state index is 0.0939. The molecule has 1 aromatic rings. The molecule has 0 aromatic heterocycles. The third-order valence-electron chi connectivity index (χ3n) is 3.61. The highest BCUT2D eigenvalue weighted by Gasteiger charge is 2.26. The van der Waals surface area contributed by atoms with Crippen molar-refractivity contribution < 1.29 is 15.0 Å². The summed E-state index contributed by atoms with van der Waals surface area (Å²) in [6.45, 7) is 7.39. The first-order valence-corrected chi connectivity index (χ1v) is 6.57. The van der Waals surface area contributed by atoms with E-state index in [4.69, 9.17) is 0 Å². The molecule has 19 heavy (non-hydrogen) atoms.